The van der Waals surface area contributed by atoms with Crippen LogP contribution in [0.15, 0.2) is 0 Å². The number of aliphatic carboxylic acids is 1. The summed E-state index contributed by atoms with van der Waals surface area (Å²) in [6, 6.07) is -0.675. The lowest BCUT2D eigenvalue weighted by molar-refractivity contribution is -0.155. The fourth-order valence-corrected chi connectivity index (χ4v) is 2.35. The van der Waals surface area contributed by atoms with Crippen molar-refractivity contribution in [1.82, 2.24) is 4.90 Å². The maximum Gasteiger partial charge on any atom is 0.326 e. The Morgan fingerprint density at radius 3 is 2.67 bits per heavy atom. The maximum absolute atomic E-state index is 12.0. The molecule has 1 heterocycles. The Hall–Kier alpha value is -1.10. The fourth-order valence-electron chi connectivity index (χ4n) is 2.35. The largest absolute Gasteiger partial charge is 0.480 e. The molecule has 1 saturated carbocycles. The molecule has 0 radical (unpaired) electrons. The second-order valence-electron chi connectivity index (χ2n) is 5.53. The molecule has 2 fully saturated rings. The van der Waals surface area contributed by atoms with E-state index in [1.807, 2.05) is 6.92 Å². The van der Waals surface area contributed by atoms with Gasteiger partial charge in [-0.3, -0.25) is 4.79 Å². The molecule has 2 rings (SSSR count). The van der Waals surface area contributed by atoms with E-state index in [9.17, 15) is 9.59 Å². The number of piperidine rings is 1. The number of carbonyl (C=O) groups is 2. The van der Waals surface area contributed by atoms with Crippen LogP contribution in [-0.2, 0) is 14.3 Å². The van der Waals surface area contributed by atoms with Crippen molar-refractivity contribution in [2.24, 2.45) is 11.8 Å². The normalized spacial score (nSPS) is 28.2. The third-order valence-electron chi connectivity index (χ3n) is 3.75. The summed E-state index contributed by atoms with van der Waals surface area (Å²) >= 11 is 0. The predicted octanol–water partition coefficient (Wildman–Crippen LogP) is 1.12. The zero-order valence-electron chi connectivity index (χ0n) is 10.8. The highest BCUT2D eigenvalue weighted by Crippen LogP contribution is 2.29. The molecule has 0 aromatic heterocycles. The molecule has 2 aliphatic rings. The molecule has 2 unspecified atom stereocenters. The van der Waals surface area contributed by atoms with Gasteiger partial charge in [-0.1, -0.05) is 6.92 Å². The minimum Gasteiger partial charge on any atom is -0.480 e. The third-order valence-corrected chi connectivity index (χ3v) is 3.75. The van der Waals surface area contributed by atoms with E-state index in [1.54, 1.807) is 0 Å². The highest BCUT2D eigenvalue weighted by molar-refractivity contribution is 5.84. The van der Waals surface area contributed by atoms with Gasteiger partial charge in [0.05, 0.1) is 6.61 Å². The van der Waals surface area contributed by atoms with E-state index in [4.69, 9.17) is 9.84 Å². The Kier molecular flexibility index (Phi) is 4.22. The maximum atomic E-state index is 12.0. The third kappa shape index (κ3) is 3.45. The van der Waals surface area contributed by atoms with Gasteiger partial charge in [0, 0.05) is 6.54 Å². The minimum absolute atomic E-state index is 0.0225. The van der Waals surface area contributed by atoms with Crippen molar-refractivity contribution >= 4 is 11.9 Å². The average Bonchev–Trinajstić information content (AvgIpc) is 3.12. The molecule has 5 nitrogen and oxygen atoms in total. The summed E-state index contributed by atoms with van der Waals surface area (Å²) in [6.45, 7) is 3.22. The summed E-state index contributed by atoms with van der Waals surface area (Å²) in [6.07, 6.45) is 3.79. The van der Waals surface area contributed by atoms with Crippen molar-refractivity contribution in [2.75, 3.05) is 19.8 Å². The topological polar surface area (TPSA) is 66.8 Å². The summed E-state index contributed by atoms with van der Waals surface area (Å²) in [5.74, 6) is -0.107. The van der Waals surface area contributed by atoms with E-state index in [0.29, 0.717) is 31.4 Å². The van der Waals surface area contributed by atoms with Crippen molar-refractivity contribution in [3.63, 3.8) is 0 Å². The second kappa shape index (κ2) is 5.69. The van der Waals surface area contributed by atoms with Crippen molar-refractivity contribution in [3.8, 4) is 0 Å². The van der Waals surface area contributed by atoms with Crippen LogP contribution in [0.3, 0.4) is 0 Å². The van der Waals surface area contributed by atoms with Crippen molar-refractivity contribution in [3.05, 3.63) is 0 Å². The van der Waals surface area contributed by atoms with E-state index in [2.05, 4.69) is 0 Å². The van der Waals surface area contributed by atoms with Gasteiger partial charge in [0.1, 0.15) is 12.6 Å². The quantitative estimate of drug-likeness (QED) is 0.799. The highest BCUT2D eigenvalue weighted by Gasteiger charge is 2.34. The molecule has 1 aliphatic heterocycles. The first kappa shape index (κ1) is 13.3. The van der Waals surface area contributed by atoms with E-state index >= 15 is 0 Å². The van der Waals surface area contributed by atoms with Crippen LogP contribution in [0, 0.1) is 11.8 Å². The summed E-state index contributed by atoms with van der Waals surface area (Å²) in [5.41, 5.74) is 0. The van der Waals surface area contributed by atoms with Crippen LogP contribution in [0.25, 0.3) is 0 Å². The van der Waals surface area contributed by atoms with Gasteiger partial charge < -0.3 is 14.7 Å². The van der Waals surface area contributed by atoms with Gasteiger partial charge in [0.15, 0.2) is 0 Å². The molecule has 2 atom stereocenters. The molecule has 1 amide bonds. The summed E-state index contributed by atoms with van der Waals surface area (Å²) in [5, 5.41) is 9.16. The molecule has 0 aromatic rings. The Morgan fingerprint density at radius 1 is 1.33 bits per heavy atom. The van der Waals surface area contributed by atoms with Crippen molar-refractivity contribution in [1.29, 1.82) is 0 Å². The lowest BCUT2D eigenvalue weighted by atomic mass is 9.92. The van der Waals surface area contributed by atoms with Crippen LogP contribution in [0.4, 0.5) is 0 Å². The average molecular weight is 255 g/mol. The fraction of sp³-hybridized carbons (Fsp3) is 0.846. The first-order chi connectivity index (χ1) is 8.58. The van der Waals surface area contributed by atoms with Gasteiger partial charge in [-0.25, -0.2) is 4.79 Å². The van der Waals surface area contributed by atoms with E-state index < -0.39 is 12.0 Å². The van der Waals surface area contributed by atoms with Crippen LogP contribution >= 0.6 is 0 Å². The van der Waals surface area contributed by atoms with Crippen molar-refractivity contribution < 1.29 is 19.4 Å². The number of carboxylic acid groups (broad SMARTS) is 1. The van der Waals surface area contributed by atoms with Crippen LogP contribution < -0.4 is 0 Å². The zero-order chi connectivity index (χ0) is 13.1. The lowest BCUT2D eigenvalue weighted by Crippen LogP contribution is -2.51. The Morgan fingerprint density at radius 2 is 2.06 bits per heavy atom. The summed E-state index contributed by atoms with van der Waals surface area (Å²) < 4.78 is 5.34. The van der Waals surface area contributed by atoms with Gasteiger partial charge in [0.25, 0.3) is 0 Å². The lowest BCUT2D eigenvalue weighted by Gasteiger charge is -2.35. The predicted molar refractivity (Wildman–Crippen MR) is 65.1 cm³/mol. The first-order valence-corrected chi connectivity index (χ1v) is 6.68. The molecule has 1 aliphatic carbocycles. The number of nitrogens with zero attached hydrogens (tertiary/aromatic N) is 1. The van der Waals surface area contributed by atoms with Gasteiger partial charge in [-0.05, 0) is 37.5 Å². The number of ether oxygens (including phenoxy) is 1. The molecule has 1 saturated heterocycles. The Bertz CT molecular complexity index is 327. The van der Waals surface area contributed by atoms with E-state index in [0.717, 1.165) is 6.42 Å². The number of carbonyl (C=O) groups excluding carboxylic acids is 1. The number of hydrogen-bond donors (Lipinski definition) is 1. The standard InChI is InChI=1S/C13H21NO4/c1-9-4-5-14(11(6-9)13(16)17)12(15)8-18-7-10-2-3-10/h9-11H,2-8H2,1H3,(H,16,17). The first-order valence-electron chi connectivity index (χ1n) is 6.68. The van der Waals surface area contributed by atoms with Crippen LogP contribution in [0.2, 0.25) is 0 Å². The van der Waals surface area contributed by atoms with Crippen LogP contribution in [-0.4, -0.2) is 47.7 Å². The van der Waals surface area contributed by atoms with Crippen molar-refractivity contribution in [2.45, 2.75) is 38.6 Å². The van der Waals surface area contributed by atoms with Crippen LogP contribution in [0.1, 0.15) is 32.6 Å². The SMILES string of the molecule is CC1CCN(C(=O)COCC2CC2)C(C(=O)O)C1. The monoisotopic (exact) mass is 255 g/mol. The smallest absolute Gasteiger partial charge is 0.326 e. The zero-order valence-corrected chi connectivity index (χ0v) is 10.8. The van der Waals surface area contributed by atoms with E-state index in [-0.39, 0.29) is 12.5 Å². The van der Waals surface area contributed by atoms with Gasteiger partial charge >= 0.3 is 5.97 Å². The second-order valence-corrected chi connectivity index (χ2v) is 5.53. The molecule has 1 N–H and O–H groups in total. The Balaban J connectivity index is 1.83. The number of amides is 1. The van der Waals surface area contributed by atoms with Gasteiger partial charge in [-0.2, -0.15) is 0 Å². The molecule has 102 valence electrons. The molecule has 0 spiro atoms. The molecule has 5 heteroatoms. The van der Waals surface area contributed by atoms with Gasteiger partial charge in [-0.15, -0.1) is 0 Å². The summed E-state index contributed by atoms with van der Waals surface area (Å²) in [4.78, 5) is 24.6. The number of hydrogen-bond acceptors (Lipinski definition) is 3. The highest BCUT2D eigenvalue weighted by atomic mass is 16.5. The molecule has 0 bridgehead atoms. The van der Waals surface area contributed by atoms with E-state index in [1.165, 1.54) is 17.7 Å². The molecular formula is C13H21NO4. The summed E-state index contributed by atoms with van der Waals surface area (Å²) in [7, 11) is 0. The molecular weight excluding hydrogens is 234 g/mol. The number of carboxylic acids is 1. The van der Waals surface area contributed by atoms with Crippen LogP contribution in [0.5, 0.6) is 0 Å². The van der Waals surface area contributed by atoms with Gasteiger partial charge in [0.2, 0.25) is 5.91 Å². The molecule has 0 aromatic carbocycles. The number of likely N-dealkylation sites (tertiary alicyclic amines) is 1. The molecule has 18 heavy (non-hydrogen) atoms. The minimum atomic E-state index is -0.905. The number of rotatable bonds is 5. The Labute approximate surface area is 107 Å².